The van der Waals surface area contributed by atoms with Gasteiger partial charge in [-0.1, -0.05) is 54.8 Å². The summed E-state index contributed by atoms with van der Waals surface area (Å²) in [6.45, 7) is 0.767. The van der Waals surface area contributed by atoms with Crippen LogP contribution in [0.25, 0.3) is 10.2 Å². The predicted octanol–water partition coefficient (Wildman–Crippen LogP) is 6.15. The van der Waals surface area contributed by atoms with E-state index in [0.717, 1.165) is 24.2 Å². The van der Waals surface area contributed by atoms with E-state index < -0.39 is 0 Å². The van der Waals surface area contributed by atoms with Crippen LogP contribution in [0.3, 0.4) is 0 Å². The average Bonchev–Trinajstić information content (AvgIpc) is 2.98. The van der Waals surface area contributed by atoms with E-state index in [2.05, 4.69) is 57.2 Å². The number of nitrogens with one attached hydrogen (secondary N) is 1. The lowest BCUT2D eigenvalue weighted by molar-refractivity contribution is 0.389. The summed E-state index contributed by atoms with van der Waals surface area (Å²) in [4.78, 5) is 6.00. The quantitative estimate of drug-likeness (QED) is 0.336. The fraction of sp³-hybridized carbons (Fsp3) is 0.350. The van der Waals surface area contributed by atoms with Crippen LogP contribution < -0.4 is 11.1 Å². The van der Waals surface area contributed by atoms with E-state index in [1.807, 2.05) is 23.5 Å². The molecule has 0 aliphatic heterocycles. The summed E-state index contributed by atoms with van der Waals surface area (Å²) in [6.07, 6.45) is 4.79. The third-order valence-electron chi connectivity index (χ3n) is 5.06. The molecule has 0 saturated heterocycles. The molecule has 3 nitrogen and oxygen atoms in total. The van der Waals surface area contributed by atoms with Gasteiger partial charge in [0.15, 0.2) is 0 Å². The number of rotatable bonds is 4. The fourth-order valence-corrected chi connectivity index (χ4v) is 6.51. The Labute approximate surface area is 176 Å². The molecule has 3 N–H and O–H groups in total. The molecule has 136 valence electrons. The second-order valence-electron chi connectivity index (χ2n) is 6.84. The molecule has 1 aromatic carbocycles. The maximum Gasteiger partial charge on any atom is 0.131 e. The van der Waals surface area contributed by atoms with E-state index >= 15 is 0 Å². The summed E-state index contributed by atoms with van der Waals surface area (Å²) >= 11 is 10.6. The first-order chi connectivity index (χ1) is 12.6. The fourth-order valence-electron chi connectivity index (χ4n) is 3.67. The number of benzene rings is 1. The molecule has 3 aromatic rings. The molecule has 0 amide bonds. The van der Waals surface area contributed by atoms with Crippen LogP contribution >= 0.6 is 45.5 Å². The van der Waals surface area contributed by atoms with Crippen LogP contribution in [0.1, 0.15) is 42.0 Å². The van der Waals surface area contributed by atoms with Crippen molar-refractivity contribution in [1.29, 1.82) is 0 Å². The number of pyridine rings is 1. The third kappa shape index (κ3) is 3.72. The molecular formula is C20H21ClIN3S. The van der Waals surface area contributed by atoms with Gasteiger partial charge in [-0.2, -0.15) is 0 Å². The largest absolute Gasteiger partial charge is 0.380 e. The molecule has 1 aliphatic carbocycles. The third-order valence-corrected chi connectivity index (χ3v) is 8.06. The minimum Gasteiger partial charge on any atom is -0.380 e. The molecular weight excluding hydrogens is 477 g/mol. The van der Waals surface area contributed by atoms with E-state index in [9.17, 15) is 0 Å². The van der Waals surface area contributed by atoms with Crippen LogP contribution in [0.5, 0.6) is 0 Å². The van der Waals surface area contributed by atoms with Crippen LogP contribution in [0.15, 0.2) is 36.4 Å². The van der Waals surface area contributed by atoms with E-state index in [1.54, 1.807) is 0 Å². The Balaban J connectivity index is 1.70. The number of halogens is 2. The summed E-state index contributed by atoms with van der Waals surface area (Å²) in [5, 5.41) is 4.08. The van der Waals surface area contributed by atoms with Gasteiger partial charge in [-0.3, -0.25) is 0 Å². The van der Waals surface area contributed by atoms with Crippen LogP contribution in [0, 0.1) is 3.57 Å². The topological polar surface area (TPSA) is 50.9 Å². The molecule has 4 rings (SSSR count). The van der Waals surface area contributed by atoms with Gasteiger partial charge in [0, 0.05) is 29.4 Å². The monoisotopic (exact) mass is 497 g/mol. The summed E-state index contributed by atoms with van der Waals surface area (Å²) in [6, 6.07) is 12.6. The van der Waals surface area contributed by atoms with Crippen molar-refractivity contribution >= 4 is 61.4 Å². The molecule has 2 aromatic heterocycles. The van der Waals surface area contributed by atoms with Crippen LogP contribution in [-0.2, 0) is 6.54 Å². The standard InChI is InChI=1S/C20H21ClIN3S/c21-16-10-15(24-11-12-6-2-1-3-7-12)20-18(25-16)17(22)19(26-20)13-8-4-5-9-14(13)23/h1-3,6-7,10,13-14H,4-5,8-9,11,23H2,(H,24,25)/t13-,14-/m0/s1. The first-order valence-corrected chi connectivity index (χ1v) is 11.2. The number of nitrogens with two attached hydrogens (primary N) is 1. The first-order valence-electron chi connectivity index (χ1n) is 8.95. The number of thiophene rings is 1. The molecule has 2 atom stereocenters. The molecule has 26 heavy (non-hydrogen) atoms. The second-order valence-corrected chi connectivity index (χ2v) is 9.36. The normalized spacial score (nSPS) is 20.4. The number of fused-ring (bicyclic) bond motifs is 1. The summed E-state index contributed by atoms with van der Waals surface area (Å²) < 4.78 is 2.40. The van der Waals surface area contributed by atoms with Crippen molar-refractivity contribution in [3.05, 3.63) is 55.6 Å². The lowest BCUT2D eigenvalue weighted by Crippen LogP contribution is -2.31. The van der Waals surface area contributed by atoms with Gasteiger partial charge in [-0.05, 0) is 41.0 Å². The maximum absolute atomic E-state index is 6.45. The molecule has 1 saturated carbocycles. The number of aromatic nitrogens is 1. The summed E-state index contributed by atoms with van der Waals surface area (Å²) in [7, 11) is 0. The van der Waals surface area contributed by atoms with Crippen molar-refractivity contribution in [3.63, 3.8) is 0 Å². The second kappa shape index (κ2) is 8.00. The Morgan fingerprint density at radius 3 is 2.77 bits per heavy atom. The molecule has 0 radical (unpaired) electrons. The van der Waals surface area contributed by atoms with Crippen LogP contribution in [-0.4, -0.2) is 11.0 Å². The highest BCUT2D eigenvalue weighted by Crippen LogP contribution is 2.44. The molecule has 2 heterocycles. The molecule has 1 fully saturated rings. The van der Waals surface area contributed by atoms with Crippen molar-refractivity contribution < 1.29 is 0 Å². The number of hydrogen-bond donors (Lipinski definition) is 2. The van der Waals surface area contributed by atoms with E-state index in [-0.39, 0.29) is 6.04 Å². The number of anilines is 1. The van der Waals surface area contributed by atoms with Gasteiger partial charge in [0.05, 0.1) is 19.5 Å². The van der Waals surface area contributed by atoms with Crippen molar-refractivity contribution in [3.8, 4) is 0 Å². The van der Waals surface area contributed by atoms with Gasteiger partial charge in [0.2, 0.25) is 0 Å². The van der Waals surface area contributed by atoms with Crippen LogP contribution in [0.2, 0.25) is 5.15 Å². The van der Waals surface area contributed by atoms with Gasteiger partial charge in [0.1, 0.15) is 5.15 Å². The number of nitrogens with zero attached hydrogens (tertiary/aromatic N) is 1. The Bertz CT molecular complexity index is 912. The van der Waals surface area contributed by atoms with Gasteiger partial charge < -0.3 is 11.1 Å². The van der Waals surface area contributed by atoms with Gasteiger partial charge >= 0.3 is 0 Å². The van der Waals surface area contributed by atoms with E-state index in [1.165, 1.54) is 38.0 Å². The van der Waals surface area contributed by atoms with Crippen molar-refractivity contribution in [2.45, 2.75) is 44.2 Å². The average molecular weight is 498 g/mol. The van der Waals surface area contributed by atoms with Crippen molar-refractivity contribution in [2.75, 3.05) is 5.32 Å². The zero-order valence-electron chi connectivity index (χ0n) is 14.3. The SMILES string of the molecule is N[C@H]1CCCC[C@@H]1c1sc2c(NCc3ccccc3)cc(Cl)nc2c1I. The highest BCUT2D eigenvalue weighted by Gasteiger charge is 2.28. The zero-order valence-corrected chi connectivity index (χ0v) is 18.1. The van der Waals surface area contributed by atoms with E-state index in [4.69, 9.17) is 17.3 Å². The van der Waals surface area contributed by atoms with Gasteiger partial charge in [-0.15, -0.1) is 11.3 Å². The van der Waals surface area contributed by atoms with Crippen molar-refractivity contribution in [2.24, 2.45) is 5.73 Å². The highest BCUT2D eigenvalue weighted by atomic mass is 127. The Kier molecular flexibility index (Phi) is 5.69. The highest BCUT2D eigenvalue weighted by molar-refractivity contribution is 14.1. The Hall–Kier alpha value is -0.890. The molecule has 0 bridgehead atoms. The summed E-state index contributed by atoms with van der Waals surface area (Å²) in [5.74, 6) is 0.440. The first kappa shape index (κ1) is 18.5. The smallest absolute Gasteiger partial charge is 0.131 e. The van der Waals surface area contributed by atoms with Crippen molar-refractivity contribution in [1.82, 2.24) is 4.98 Å². The maximum atomic E-state index is 6.45. The van der Waals surface area contributed by atoms with Gasteiger partial charge in [-0.25, -0.2) is 4.98 Å². The Morgan fingerprint density at radius 2 is 2.00 bits per heavy atom. The predicted molar refractivity (Wildman–Crippen MR) is 120 cm³/mol. The van der Waals surface area contributed by atoms with E-state index in [0.29, 0.717) is 11.1 Å². The number of hydrogen-bond acceptors (Lipinski definition) is 4. The zero-order chi connectivity index (χ0) is 18.1. The summed E-state index contributed by atoms with van der Waals surface area (Å²) in [5.41, 5.74) is 9.75. The minimum absolute atomic E-state index is 0.251. The minimum atomic E-state index is 0.251. The Morgan fingerprint density at radius 1 is 1.23 bits per heavy atom. The molecule has 0 unspecified atom stereocenters. The lowest BCUT2D eigenvalue weighted by atomic mass is 9.84. The molecule has 0 spiro atoms. The van der Waals surface area contributed by atoms with Crippen LogP contribution in [0.4, 0.5) is 5.69 Å². The molecule has 6 heteroatoms. The lowest BCUT2D eigenvalue weighted by Gasteiger charge is -2.28. The van der Waals surface area contributed by atoms with Gasteiger partial charge in [0.25, 0.3) is 0 Å². The molecule has 1 aliphatic rings.